The highest BCUT2D eigenvalue weighted by molar-refractivity contribution is 6.34. The van der Waals surface area contributed by atoms with E-state index < -0.39 is 17.1 Å². The molecule has 21 heavy (non-hydrogen) atoms. The summed E-state index contributed by atoms with van der Waals surface area (Å²) in [6.07, 6.45) is -0.606. The van der Waals surface area contributed by atoms with Crippen LogP contribution in [0, 0.1) is 10.1 Å². The first kappa shape index (κ1) is 17.4. The number of carbonyl (C=O) groups excluding carboxylic acids is 1. The van der Waals surface area contributed by atoms with Crippen molar-refractivity contribution in [1.29, 1.82) is 0 Å². The lowest BCUT2D eigenvalue weighted by Gasteiger charge is -2.17. The molecule has 0 unspecified atom stereocenters. The van der Waals surface area contributed by atoms with Crippen LogP contribution < -0.4 is 5.32 Å². The number of nitrogens with zero attached hydrogens (tertiary/aromatic N) is 1. The summed E-state index contributed by atoms with van der Waals surface area (Å²) in [4.78, 5) is 22.4. The Morgan fingerprint density at radius 3 is 2.52 bits per heavy atom. The summed E-state index contributed by atoms with van der Waals surface area (Å²) in [5, 5.41) is 13.5. The number of carbonyl (C=O) groups is 1. The number of halogens is 1. The first-order valence-corrected chi connectivity index (χ1v) is 6.83. The molecule has 0 aliphatic heterocycles. The molecular formula is C13H17ClN2O5. The first-order chi connectivity index (χ1) is 10.0. The minimum Gasteiger partial charge on any atom is -0.351 e. The Kier molecular flexibility index (Phi) is 7.07. The summed E-state index contributed by atoms with van der Waals surface area (Å²) in [6, 6.07) is 4.07. The summed E-state index contributed by atoms with van der Waals surface area (Å²) in [5.74, 6) is -0.642. The van der Waals surface area contributed by atoms with Crippen LogP contribution in [0.2, 0.25) is 5.02 Å². The molecule has 0 saturated heterocycles. The molecule has 0 heterocycles. The Labute approximate surface area is 127 Å². The van der Waals surface area contributed by atoms with Crippen molar-refractivity contribution < 1.29 is 19.2 Å². The van der Waals surface area contributed by atoms with Crippen LogP contribution in [0.25, 0.3) is 0 Å². The SMILES string of the molecule is CCOC(CNC(=O)c1c(Cl)cccc1[N+](=O)[O-])OCC. The molecule has 0 fully saturated rings. The van der Waals surface area contributed by atoms with Gasteiger partial charge in [0.15, 0.2) is 6.29 Å². The van der Waals surface area contributed by atoms with Gasteiger partial charge in [-0.15, -0.1) is 0 Å². The average Bonchev–Trinajstić information content (AvgIpc) is 2.44. The fourth-order valence-corrected chi connectivity index (χ4v) is 1.95. The molecule has 0 aliphatic carbocycles. The predicted octanol–water partition coefficient (Wildman–Crippen LogP) is 2.38. The number of rotatable bonds is 8. The molecule has 8 heteroatoms. The maximum Gasteiger partial charge on any atom is 0.283 e. The third-order valence-electron chi connectivity index (χ3n) is 2.55. The third-order valence-corrected chi connectivity index (χ3v) is 2.86. The summed E-state index contributed by atoms with van der Waals surface area (Å²) in [7, 11) is 0. The van der Waals surface area contributed by atoms with Gasteiger partial charge in [-0.3, -0.25) is 14.9 Å². The van der Waals surface area contributed by atoms with E-state index in [1.165, 1.54) is 18.2 Å². The van der Waals surface area contributed by atoms with E-state index in [1.807, 2.05) is 0 Å². The fraction of sp³-hybridized carbons (Fsp3) is 0.462. The third kappa shape index (κ3) is 4.96. The van der Waals surface area contributed by atoms with Gasteiger partial charge in [-0.05, 0) is 19.9 Å². The van der Waals surface area contributed by atoms with Gasteiger partial charge in [-0.1, -0.05) is 17.7 Å². The van der Waals surface area contributed by atoms with Gasteiger partial charge in [0, 0.05) is 19.3 Å². The summed E-state index contributed by atoms with van der Waals surface area (Å²) >= 11 is 5.88. The van der Waals surface area contributed by atoms with Crippen molar-refractivity contribution in [1.82, 2.24) is 5.32 Å². The highest BCUT2D eigenvalue weighted by Gasteiger charge is 2.23. The molecular weight excluding hydrogens is 300 g/mol. The number of ether oxygens (including phenoxy) is 2. The van der Waals surface area contributed by atoms with E-state index in [0.717, 1.165) is 0 Å². The van der Waals surface area contributed by atoms with Crippen LogP contribution in [-0.4, -0.2) is 36.9 Å². The van der Waals surface area contributed by atoms with Crippen LogP contribution >= 0.6 is 11.6 Å². The molecule has 1 rings (SSSR count). The normalized spacial score (nSPS) is 10.7. The van der Waals surface area contributed by atoms with Gasteiger partial charge < -0.3 is 14.8 Å². The van der Waals surface area contributed by atoms with E-state index in [-0.39, 0.29) is 22.8 Å². The monoisotopic (exact) mass is 316 g/mol. The molecule has 0 atom stereocenters. The van der Waals surface area contributed by atoms with E-state index in [9.17, 15) is 14.9 Å². The zero-order chi connectivity index (χ0) is 15.8. The lowest BCUT2D eigenvalue weighted by atomic mass is 10.1. The van der Waals surface area contributed by atoms with Crippen molar-refractivity contribution in [2.75, 3.05) is 19.8 Å². The molecule has 0 aromatic heterocycles. The second kappa shape index (κ2) is 8.56. The van der Waals surface area contributed by atoms with Crippen LogP contribution in [0.5, 0.6) is 0 Å². The molecule has 1 amide bonds. The molecule has 116 valence electrons. The second-order valence-corrected chi connectivity index (χ2v) is 4.35. The Hall–Kier alpha value is -1.70. The molecule has 0 radical (unpaired) electrons. The van der Waals surface area contributed by atoms with E-state index in [1.54, 1.807) is 13.8 Å². The summed E-state index contributed by atoms with van der Waals surface area (Å²) in [6.45, 7) is 4.52. The van der Waals surface area contributed by atoms with E-state index in [2.05, 4.69) is 5.32 Å². The Bertz CT molecular complexity index is 503. The van der Waals surface area contributed by atoms with Crippen molar-refractivity contribution >= 4 is 23.2 Å². The van der Waals surface area contributed by atoms with Gasteiger partial charge in [0.05, 0.1) is 16.5 Å². The second-order valence-electron chi connectivity index (χ2n) is 3.94. The number of nitro groups is 1. The number of benzene rings is 1. The van der Waals surface area contributed by atoms with Crippen LogP contribution in [0.1, 0.15) is 24.2 Å². The van der Waals surface area contributed by atoms with Gasteiger partial charge in [-0.25, -0.2) is 0 Å². The molecule has 0 saturated carbocycles. The molecule has 0 spiro atoms. The highest BCUT2D eigenvalue weighted by Crippen LogP contribution is 2.25. The highest BCUT2D eigenvalue weighted by atomic mass is 35.5. The van der Waals surface area contributed by atoms with Gasteiger partial charge >= 0.3 is 0 Å². The van der Waals surface area contributed by atoms with E-state index in [0.29, 0.717) is 13.2 Å². The number of nitrogens with one attached hydrogen (secondary N) is 1. The standard InChI is InChI=1S/C13H17ClN2O5/c1-3-20-11(21-4-2)8-15-13(17)12-9(14)6-5-7-10(12)16(18)19/h5-7,11H,3-4,8H2,1-2H3,(H,15,17). The number of hydrogen-bond donors (Lipinski definition) is 1. The molecule has 0 bridgehead atoms. The van der Waals surface area contributed by atoms with Gasteiger partial charge in [0.1, 0.15) is 5.56 Å². The predicted molar refractivity (Wildman–Crippen MR) is 77.5 cm³/mol. The van der Waals surface area contributed by atoms with E-state index >= 15 is 0 Å². The van der Waals surface area contributed by atoms with Crippen LogP contribution in [0.15, 0.2) is 18.2 Å². The summed E-state index contributed by atoms with van der Waals surface area (Å²) < 4.78 is 10.5. The van der Waals surface area contributed by atoms with Crippen molar-refractivity contribution in [3.05, 3.63) is 38.9 Å². The lowest BCUT2D eigenvalue weighted by Crippen LogP contribution is -2.35. The van der Waals surface area contributed by atoms with Gasteiger partial charge in [-0.2, -0.15) is 0 Å². The van der Waals surface area contributed by atoms with Gasteiger partial charge in [0.2, 0.25) is 0 Å². The number of hydrogen-bond acceptors (Lipinski definition) is 5. The Morgan fingerprint density at radius 2 is 2.00 bits per heavy atom. The molecule has 1 N–H and O–H groups in total. The minimum atomic E-state index is -0.649. The molecule has 0 aliphatic rings. The first-order valence-electron chi connectivity index (χ1n) is 6.45. The van der Waals surface area contributed by atoms with E-state index in [4.69, 9.17) is 21.1 Å². The largest absolute Gasteiger partial charge is 0.351 e. The van der Waals surface area contributed by atoms with Gasteiger partial charge in [0.25, 0.3) is 11.6 Å². The lowest BCUT2D eigenvalue weighted by molar-refractivity contribution is -0.385. The van der Waals surface area contributed by atoms with Crippen LogP contribution in [-0.2, 0) is 9.47 Å². The fourth-order valence-electron chi connectivity index (χ4n) is 1.69. The topological polar surface area (TPSA) is 90.7 Å². The maximum atomic E-state index is 12.1. The number of amides is 1. The van der Waals surface area contributed by atoms with Crippen molar-refractivity contribution in [2.45, 2.75) is 20.1 Å². The minimum absolute atomic E-state index is 0.0195. The quantitative estimate of drug-likeness (QED) is 0.451. The smallest absolute Gasteiger partial charge is 0.283 e. The van der Waals surface area contributed by atoms with Crippen molar-refractivity contribution in [3.8, 4) is 0 Å². The Balaban J connectivity index is 2.82. The average molecular weight is 317 g/mol. The van der Waals surface area contributed by atoms with Crippen molar-refractivity contribution in [2.24, 2.45) is 0 Å². The zero-order valence-electron chi connectivity index (χ0n) is 11.8. The van der Waals surface area contributed by atoms with Crippen molar-refractivity contribution in [3.63, 3.8) is 0 Å². The maximum absolute atomic E-state index is 12.1. The molecule has 1 aromatic carbocycles. The Morgan fingerprint density at radius 1 is 1.38 bits per heavy atom. The summed E-state index contributed by atoms with van der Waals surface area (Å²) in [5.41, 5.74) is -0.514. The molecule has 1 aromatic rings. The number of nitro benzene ring substituents is 1. The van der Waals surface area contributed by atoms with Crippen LogP contribution in [0.3, 0.4) is 0 Å². The molecule has 7 nitrogen and oxygen atoms in total. The van der Waals surface area contributed by atoms with Crippen LogP contribution in [0.4, 0.5) is 5.69 Å². The zero-order valence-corrected chi connectivity index (χ0v) is 12.6.